The molecule has 1 aromatic carbocycles. The van der Waals surface area contributed by atoms with Crippen LogP contribution < -0.4 is 15.8 Å². The zero-order valence-electron chi connectivity index (χ0n) is 12.4. The normalized spacial score (nSPS) is 12.4. The van der Waals surface area contributed by atoms with E-state index in [0.29, 0.717) is 6.54 Å². The Morgan fingerprint density at radius 2 is 2.15 bits per heavy atom. The summed E-state index contributed by atoms with van der Waals surface area (Å²) in [7, 11) is 1.66. The average molecular weight is 291 g/mol. The fourth-order valence-corrected chi connectivity index (χ4v) is 3.12. The highest BCUT2D eigenvalue weighted by molar-refractivity contribution is 7.11. The monoisotopic (exact) mass is 291 g/mol. The number of hydrogen-bond donors (Lipinski definition) is 2. The molecular formula is C15H21N3OS. The van der Waals surface area contributed by atoms with Gasteiger partial charge in [0.05, 0.1) is 17.8 Å². The lowest BCUT2D eigenvalue weighted by Gasteiger charge is -2.14. The molecule has 0 saturated carbocycles. The molecule has 1 aromatic heterocycles. The van der Waals surface area contributed by atoms with Crippen LogP contribution in [0.4, 0.5) is 5.69 Å². The number of rotatable bonds is 5. The number of nitrogens with zero attached hydrogens (tertiary/aromatic N) is 1. The largest absolute Gasteiger partial charge is 0.497 e. The standard InChI is InChI=1S/C15H21N3OS/c1-9(15-10(2)18-11(3)20-15)17-8-12-7-13(19-4)5-6-14(12)16/h5-7,9,17H,8,16H2,1-4H3. The smallest absolute Gasteiger partial charge is 0.119 e. The maximum absolute atomic E-state index is 6.00. The second-order valence-corrected chi connectivity index (χ2v) is 6.08. The number of nitrogen functional groups attached to an aromatic ring is 1. The van der Waals surface area contributed by atoms with Crippen LogP contribution in [-0.2, 0) is 6.54 Å². The molecule has 1 atom stereocenters. The van der Waals surface area contributed by atoms with E-state index in [1.165, 1.54) is 4.88 Å². The molecule has 3 N–H and O–H groups in total. The van der Waals surface area contributed by atoms with Crippen LogP contribution in [-0.4, -0.2) is 12.1 Å². The highest BCUT2D eigenvalue weighted by Gasteiger charge is 2.13. The van der Waals surface area contributed by atoms with Crippen molar-refractivity contribution in [3.63, 3.8) is 0 Å². The number of methoxy groups -OCH3 is 1. The predicted octanol–water partition coefficient (Wildman–Crippen LogP) is 3.20. The summed E-state index contributed by atoms with van der Waals surface area (Å²) in [6.07, 6.45) is 0. The molecule has 0 fully saturated rings. The number of anilines is 1. The van der Waals surface area contributed by atoms with Crippen molar-refractivity contribution < 1.29 is 4.74 Å². The Kier molecular flexibility index (Phi) is 4.62. The number of nitrogens with two attached hydrogens (primary N) is 1. The Hall–Kier alpha value is -1.59. The Labute approximate surface area is 124 Å². The van der Waals surface area contributed by atoms with Gasteiger partial charge in [0.1, 0.15) is 5.75 Å². The van der Waals surface area contributed by atoms with Gasteiger partial charge >= 0.3 is 0 Å². The van der Waals surface area contributed by atoms with Gasteiger partial charge in [0.15, 0.2) is 0 Å². The molecular weight excluding hydrogens is 270 g/mol. The van der Waals surface area contributed by atoms with E-state index >= 15 is 0 Å². The first-order valence-electron chi connectivity index (χ1n) is 6.61. The number of ether oxygens (including phenoxy) is 1. The lowest BCUT2D eigenvalue weighted by Crippen LogP contribution is -2.18. The van der Waals surface area contributed by atoms with E-state index in [4.69, 9.17) is 10.5 Å². The summed E-state index contributed by atoms with van der Waals surface area (Å²) in [5.41, 5.74) is 8.93. The number of benzene rings is 1. The van der Waals surface area contributed by atoms with E-state index in [9.17, 15) is 0 Å². The fourth-order valence-electron chi connectivity index (χ4n) is 2.17. The highest BCUT2D eigenvalue weighted by atomic mass is 32.1. The van der Waals surface area contributed by atoms with Crippen LogP contribution in [0, 0.1) is 13.8 Å². The summed E-state index contributed by atoms with van der Waals surface area (Å²) in [5, 5.41) is 4.60. The highest BCUT2D eigenvalue weighted by Crippen LogP contribution is 2.25. The van der Waals surface area contributed by atoms with Crippen molar-refractivity contribution in [1.29, 1.82) is 0 Å². The molecule has 2 rings (SSSR count). The lowest BCUT2D eigenvalue weighted by molar-refractivity contribution is 0.414. The first-order chi connectivity index (χ1) is 9.51. The van der Waals surface area contributed by atoms with Crippen molar-refractivity contribution in [2.75, 3.05) is 12.8 Å². The first-order valence-corrected chi connectivity index (χ1v) is 7.42. The Morgan fingerprint density at radius 3 is 2.75 bits per heavy atom. The SMILES string of the molecule is COc1ccc(N)c(CNC(C)c2sc(C)nc2C)c1. The molecule has 5 heteroatoms. The van der Waals surface area contributed by atoms with Gasteiger partial charge in [-0.15, -0.1) is 11.3 Å². The number of aromatic nitrogens is 1. The molecule has 0 aliphatic rings. The third kappa shape index (κ3) is 3.29. The summed E-state index contributed by atoms with van der Waals surface area (Å²) in [5.74, 6) is 0.827. The Morgan fingerprint density at radius 1 is 1.40 bits per heavy atom. The zero-order valence-corrected chi connectivity index (χ0v) is 13.2. The van der Waals surface area contributed by atoms with Crippen molar-refractivity contribution in [1.82, 2.24) is 10.3 Å². The van der Waals surface area contributed by atoms with Gasteiger partial charge in [-0.1, -0.05) is 0 Å². The van der Waals surface area contributed by atoms with Gasteiger partial charge in [-0.2, -0.15) is 0 Å². The Balaban J connectivity index is 2.06. The maximum Gasteiger partial charge on any atom is 0.119 e. The van der Waals surface area contributed by atoms with Crippen molar-refractivity contribution >= 4 is 17.0 Å². The quantitative estimate of drug-likeness (QED) is 0.831. The molecule has 1 heterocycles. The maximum atomic E-state index is 6.00. The van der Waals surface area contributed by atoms with Gasteiger partial charge in [0.2, 0.25) is 0 Å². The summed E-state index contributed by atoms with van der Waals surface area (Å²) >= 11 is 1.74. The predicted molar refractivity (Wildman–Crippen MR) is 84.2 cm³/mol. The molecule has 0 aliphatic carbocycles. The minimum atomic E-state index is 0.256. The van der Waals surface area contributed by atoms with E-state index in [1.807, 2.05) is 25.1 Å². The van der Waals surface area contributed by atoms with Gasteiger partial charge in [-0.25, -0.2) is 4.98 Å². The van der Waals surface area contributed by atoms with Crippen molar-refractivity contribution in [2.24, 2.45) is 0 Å². The van der Waals surface area contributed by atoms with Gasteiger partial charge < -0.3 is 15.8 Å². The summed E-state index contributed by atoms with van der Waals surface area (Å²) in [4.78, 5) is 5.75. The molecule has 0 radical (unpaired) electrons. The lowest BCUT2D eigenvalue weighted by atomic mass is 10.1. The first kappa shape index (κ1) is 14.8. The molecule has 0 spiro atoms. The van der Waals surface area contributed by atoms with E-state index in [2.05, 4.69) is 24.1 Å². The van der Waals surface area contributed by atoms with Gasteiger partial charge in [-0.3, -0.25) is 0 Å². The molecule has 0 bridgehead atoms. The van der Waals surface area contributed by atoms with Crippen LogP contribution in [0.1, 0.15) is 34.1 Å². The number of aryl methyl sites for hydroxylation is 2. The summed E-state index contributed by atoms with van der Waals surface area (Å²) in [6.45, 7) is 6.95. The van der Waals surface area contributed by atoms with E-state index in [1.54, 1.807) is 18.4 Å². The van der Waals surface area contributed by atoms with Crippen LogP contribution >= 0.6 is 11.3 Å². The second-order valence-electron chi connectivity index (χ2n) is 4.85. The van der Waals surface area contributed by atoms with Gasteiger partial charge in [0.25, 0.3) is 0 Å². The number of hydrogen-bond acceptors (Lipinski definition) is 5. The zero-order chi connectivity index (χ0) is 14.7. The van der Waals surface area contributed by atoms with Gasteiger partial charge in [0, 0.05) is 23.2 Å². The number of thiazole rings is 1. The molecule has 20 heavy (non-hydrogen) atoms. The van der Waals surface area contributed by atoms with Crippen LogP contribution in [0.15, 0.2) is 18.2 Å². The van der Waals surface area contributed by atoms with Crippen LogP contribution in [0.25, 0.3) is 0 Å². The molecule has 4 nitrogen and oxygen atoms in total. The van der Waals surface area contributed by atoms with Crippen molar-refractivity contribution in [2.45, 2.75) is 33.4 Å². The minimum Gasteiger partial charge on any atom is -0.497 e. The molecule has 0 aliphatic heterocycles. The van der Waals surface area contributed by atoms with E-state index in [-0.39, 0.29) is 6.04 Å². The summed E-state index contributed by atoms with van der Waals surface area (Å²) < 4.78 is 5.23. The Bertz CT molecular complexity index is 595. The molecule has 1 unspecified atom stereocenters. The van der Waals surface area contributed by atoms with E-state index < -0.39 is 0 Å². The summed E-state index contributed by atoms with van der Waals surface area (Å²) in [6, 6.07) is 5.98. The van der Waals surface area contributed by atoms with Crippen molar-refractivity contribution in [3.8, 4) is 5.75 Å². The third-order valence-electron chi connectivity index (χ3n) is 3.28. The van der Waals surface area contributed by atoms with Crippen molar-refractivity contribution in [3.05, 3.63) is 39.3 Å². The van der Waals surface area contributed by atoms with E-state index in [0.717, 1.165) is 27.7 Å². The topological polar surface area (TPSA) is 60.2 Å². The molecule has 108 valence electrons. The van der Waals surface area contributed by atoms with Crippen LogP contribution in [0.2, 0.25) is 0 Å². The fraction of sp³-hybridized carbons (Fsp3) is 0.400. The van der Waals surface area contributed by atoms with Crippen LogP contribution in [0.5, 0.6) is 5.75 Å². The molecule has 0 amide bonds. The minimum absolute atomic E-state index is 0.256. The van der Waals surface area contributed by atoms with Crippen LogP contribution in [0.3, 0.4) is 0 Å². The second kappa shape index (κ2) is 6.24. The number of nitrogens with one attached hydrogen (secondary N) is 1. The molecule has 0 saturated heterocycles. The van der Waals surface area contributed by atoms with Gasteiger partial charge in [-0.05, 0) is 44.5 Å². The average Bonchev–Trinajstić information content (AvgIpc) is 2.76. The third-order valence-corrected chi connectivity index (χ3v) is 4.54. The molecule has 2 aromatic rings.